The molecule has 0 radical (unpaired) electrons. The number of nitrogens with zero attached hydrogens (tertiary/aromatic N) is 1. The van der Waals surface area contributed by atoms with Gasteiger partial charge < -0.3 is 14.7 Å². The number of aliphatic hydroxyl groups is 1. The molecule has 1 saturated carbocycles. The van der Waals surface area contributed by atoms with Crippen LogP contribution in [0, 0.1) is 0 Å². The topological polar surface area (TPSA) is 49.8 Å². The molecule has 0 spiro atoms. The number of hydrogen-bond acceptors (Lipinski definition) is 3. The van der Waals surface area contributed by atoms with Gasteiger partial charge in [-0.15, -0.1) is 0 Å². The molecular formula is C8H13NO3. The zero-order valence-electron chi connectivity index (χ0n) is 6.90. The second-order valence-electron chi connectivity index (χ2n) is 3.42. The Morgan fingerprint density at radius 1 is 1.42 bits per heavy atom. The van der Waals surface area contributed by atoms with Crippen molar-refractivity contribution in [3.63, 3.8) is 0 Å². The summed E-state index contributed by atoms with van der Waals surface area (Å²) in [7, 11) is 0. The van der Waals surface area contributed by atoms with Crippen molar-refractivity contribution in [2.75, 3.05) is 13.1 Å². The van der Waals surface area contributed by atoms with Crippen LogP contribution in [0.5, 0.6) is 0 Å². The fraction of sp³-hybridized carbons (Fsp3) is 0.875. The van der Waals surface area contributed by atoms with E-state index >= 15 is 0 Å². The third kappa shape index (κ3) is 1.53. The molecule has 2 rings (SSSR count). The molecule has 1 unspecified atom stereocenters. The molecule has 1 aliphatic heterocycles. The van der Waals surface area contributed by atoms with E-state index in [2.05, 4.69) is 0 Å². The van der Waals surface area contributed by atoms with Gasteiger partial charge in [-0.2, -0.15) is 0 Å². The van der Waals surface area contributed by atoms with Crippen molar-refractivity contribution >= 4 is 6.09 Å². The molecule has 0 aromatic rings. The van der Waals surface area contributed by atoms with E-state index in [9.17, 15) is 4.79 Å². The summed E-state index contributed by atoms with van der Waals surface area (Å²) in [6, 6.07) is 0. The first kappa shape index (κ1) is 7.86. The molecule has 4 nitrogen and oxygen atoms in total. The molecule has 1 heterocycles. The Bertz CT molecular complexity index is 189. The van der Waals surface area contributed by atoms with Crippen LogP contribution >= 0.6 is 0 Å². The van der Waals surface area contributed by atoms with Gasteiger partial charge >= 0.3 is 6.09 Å². The average Bonchev–Trinajstić information content (AvgIpc) is 2.58. The molecule has 68 valence electrons. The third-order valence-electron chi connectivity index (χ3n) is 2.32. The molecule has 1 amide bonds. The largest absolute Gasteiger partial charge is 0.443 e. The summed E-state index contributed by atoms with van der Waals surface area (Å²) >= 11 is 0. The second-order valence-corrected chi connectivity index (χ2v) is 3.42. The van der Waals surface area contributed by atoms with E-state index in [-0.39, 0.29) is 12.2 Å². The Morgan fingerprint density at radius 2 is 2.00 bits per heavy atom. The lowest BCUT2D eigenvalue weighted by atomic mass is 10.4. The van der Waals surface area contributed by atoms with Crippen LogP contribution < -0.4 is 0 Å². The van der Waals surface area contributed by atoms with Gasteiger partial charge in [-0.1, -0.05) is 0 Å². The highest BCUT2D eigenvalue weighted by Gasteiger charge is 2.40. The first-order valence-corrected chi connectivity index (χ1v) is 4.41. The maximum atomic E-state index is 11.2. The van der Waals surface area contributed by atoms with E-state index in [1.165, 1.54) is 0 Å². The molecule has 2 atom stereocenters. The predicted octanol–water partition coefficient (Wildman–Crippen LogP) is 0.352. The fourth-order valence-corrected chi connectivity index (χ4v) is 1.39. The SMILES string of the molecule is O=C(O[C@@H]1CC1O)N1CCCC1. The molecule has 0 aromatic carbocycles. The van der Waals surface area contributed by atoms with E-state index in [0.29, 0.717) is 6.42 Å². The molecule has 2 aliphatic rings. The average molecular weight is 171 g/mol. The highest BCUT2D eigenvalue weighted by atomic mass is 16.6. The summed E-state index contributed by atoms with van der Waals surface area (Å²) in [6.45, 7) is 1.61. The van der Waals surface area contributed by atoms with Crippen molar-refractivity contribution in [3.05, 3.63) is 0 Å². The van der Waals surface area contributed by atoms with Crippen LogP contribution in [0.25, 0.3) is 0 Å². The Labute approximate surface area is 71.1 Å². The van der Waals surface area contributed by atoms with Crippen LogP contribution in [-0.2, 0) is 4.74 Å². The number of likely N-dealkylation sites (tertiary alicyclic amines) is 1. The maximum Gasteiger partial charge on any atom is 0.410 e. The zero-order chi connectivity index (χ0) is 8.55. The summed E-state index contributed by atoms with van der Waals surface area (Å²) in [6.07, 6.45) is 1.87. The number of aliphatic hydroxyl groups excluding tert-OH is 1. The Kier molecular flexibility index (Phi) is 1.92. The third-order valence-corrected chi connectivity index (χ3v) is 2.32. The van der Waals surface area contributed by atoms with Gasteiger partial charge in [0.05, 0.1) is 6.10 Å². The van der Waals surface area contributed by atoms with Crippen LogP contribution in [-0.4, -0.2) is 41.4 Å². The highest BCUT2D eigenvalue weighted by Crippen LogP contribution is 2.26. The van der Waals surface area contributed by atoms with Gasteiger partial charge in [0.25, 0.3) is 0 Å². The van der Waals surface area contributed by atoms with Crippen LogP contribution in [0.1, 0.15) is 19.3 Å². The molecule has 1 aliphatic carbocycles. The van der Waals surface area contributed by atoms with Gasteiger partial charge in [0.1, 0.15) is 6.10 Å². The highest BCUT2D eigenvalue weighted by molar-refractivity contribution is 5.68. The standard InChI is InChI=1S/C8H13NO3/c10-6-5-7(6)12-8(11)9-3-1-2-4-9/h6-7,10H,1-5H2/t6?,7-/m1/s1. The van der Waals surface area contributed by atoms with E-state index in [1.807, 2.05) is 0 Å². The van der Waals surface area contributed by atoms with E-state index in [1.54, 1.807) is 4.90 Å². The van der Waals surface area contributed by atoms with Crippen molar-refractivity contribution in [2.24, 2.45) is 0 Å². The predicted molar refractivity (Wildman–Crippen MR) is 41.7 cm³/mol. The Hall–Kier alpha value is -0.770. The Morgan fingerprint density at radius 3 is 2.50 bits per heavy atom. The molecule has 12 heavy (non-hydrogen) atoms. The van der Waals surface area contributed by atoms with Gasteiger partial charge in [0.15, 0.2) is 0 Å². The van der Waals surface area contributed by atoms with Crippen molar-refractivity contribution < 1.29 is 14.6 Å². The molecule has 4 heteroatoms. The first-order chi connectivity index (χ1) is 5.77. The minimum atomic E-state index is -0.406. The van der Waals surface area contributed by atoms with Gasteiger partial charge in [-0.3, -0.25) is 0 Å². The van der Waals surface area contributed by atoms with Crippen molar-refractivity contribution in [1.29, 1.82) is 0 Å². The number of carbonyl (C=O) groups is 1. The Balaban J connectivity index is 1.76. The first-order valence-electron chi connectivity index (χ1n) is 4.41. The molecule has 1 saturated heterocycles. The van der Waals surface area contributed by atoms with Crippen molar-refractivity contribution in [2.45, 2.75) is 31.5 Å². The molecular weight excluding hydrogens is 158 g/mol. The number of amides is 1. The van der Waals surface area contributed by atoms with Crippen LogP contribution in [0.4, 0.5) is 4.79 Å². The quantitative estimate of drug-likeness (QED) is 0.619. The monoisotopic (exact) mass is 171 g/mol. The van der Waals surface area contributed by atoms with Crippen LogP contribution in [0.3, 0.4) is 0 Å². The maximum absolute atomic E-state index is 11.2. The van der Waals surface area contributed by atoms with E-state index < -0.39 is 6.10 Å². The summed E-state index contributed by atoms with van der Waals surface area (Å²) in [5.41, 5.74) is 0. The lowest BCUT2D eigenvalue weighted by Gasteiger charge is -2.14. The summed E-state index contributed by atoms with van der Waals surface area (Å²) in [5.74, 6) is 0. The van der Waals surface area contributed by atoms with Crippen molar-refractivity contribution in [3.8, 4) is 0 Å². The zero-order valence-corrected chi connectivity index (χ0v) is 6.90. The molecule has 2 fully saturated rings. The minimum Gasteiger partial charge on any atom is -0.443 e. The summed E-state index contributed by atoms with van der Waals surface area (Å²) in [5, 5.41) is 8.92. The van der Waals surface area contributed by atoms with Gasteiger partial charge in [0.2, 0.25) is 0 Å². The van der Waals surface area contributed by atoms with Crippen LogP contribution in [0.2, 0.25) is 0 Å². The minimum absolute atomic E-state index is 0.224. The number of ether oxygens (including phenoxy) is 1. The smallest absolute Gasteiger partial charge is 0.410 e. The van der Waals surface area contributed by atoms with Gasteiger partial charge in [-0.05, 0) is 12.8 Å². The fourth-order valence-electron chi connectivity index (χ4n) is 1.39. The van der Waals surface area contributed by atoms with Gasteiger partial charge in [-0.25, -0.2) is 4.79 Å². The summed E-state index contributed by atoms with van der Waals surface area (Å²) in [4.78, 5) is 12.9. The summed E-state index contributed by atoms with van der Waals surface area (Å²) < 4.78 is 4.99. The number of carbonyl (C=O) groups excluding carboxylic acids is 1. The normalized spacial score (nSPS) is 33.6. The molecule has 0 aromatic heterocycles. The van der Waals surface area contributed by atoms with E-state index in [0.717, 1.165) is 25.9 Å². The lowest BCUT2D eigenvalue weighted by molar-refractivity contribution is 0.0853. The van der Waals surface area contributed by atoms with Crippen LogP contribution in [0.15, 0.2) is 0 Å². The van der Waals surface area contributed by atoms with Gasteiger partial charge in [0, 0.05) is 19.5 Å². The van der Waals surface area contributed by atoms with Crippen molar-refractivity contribution in [1.82, 2.24) is 4.90 Å². The lowest BCUT2D eigenvalue weighted by Crippen LogP contribution is -2.29. The second kappa shape index (κ2) is 2.94. The molecule has 0 bridgehead atoms. The number of rotatable bonds is 1. The van der Waals surface area contributed by atoms with E-state index in [4.69, 9.17) is 9.84 Å². The number of hydrogen-bond donors (Lipinski definition) is 1. The molecule has 1 N–H and O–H groups in total.